The van der Waals surface area contributed by atoms with Crippen LogP contribution in [0.2, 0.25) is 5.02 Å². The van der Waals surface area contributed by atoms with E-state index in [1.54, 1.807) is 29.4 Å². The first kappa shape index (κ1) is 16.5. The van der Waals surface area contributed by atoms with Crippen molar-refractivity contribution in [2.24, 2.45) is 0 Å². The van der Waals surface area contributed by atoms with Crippen molar-refractivity contribution >= 4 is 40.3 Å². The molecular weight excluding hydrogens is 347 g/mol. The number of hydrogen-bond donors (Lipinski definition) is 1. The molecular formula is C18H14ClFN2OS. The minimum Gasteiger partial charge on any atom is -0.467 e. The van der Waals surface area contributed by atoms with Gasteiger partial charge in [0.05, 0.1) is 17.8 Å². The second-order valence-corrected chi connectivity index (χ2v) is 5.85. The number of anilines is 2. The van der Waals surface area contributed by atoms with E-state index in [2.05, 4.69) is 5.32 Å². The fourth-order valence-electron chi connectivity index (χ4n) is 2.20. The number of para-hydroxylation sites is 1. The quantitative estimate of drug-likeness (QED) is 0.624. The maximum Gasteiger partial charge on any atom is 0.178 e. The topological polar surface area (TPSA) is 28.4 Å². The predicted octanol–water partition coefficient (Wildman–Crippen LogP) is 5.48. The van der Waals surface area contributed by atoms with Gasteiger partial charge in [0.25, 0.3) is 0 Å². The number of benzene rings is 2. The Morgan fingerprint density at radius 3 is 2.58 bits per heavy atom. The minimum absolute atomic E-state index is 0.0412. The van der Waals surface area contributed by atoms with Gasteiger partial charge in [-0.15, -0.1) is 0 Å². The van der Waals surface area contributed by atoms with E-state index in [1.807, 2.05) is 36.4 Å². The molecule has 0 atom stereocenters. The summed E-state index contributed by atoms with van der Waals surface area (Å²) < 4.78 is 18.9. The SMILES string of the molecule is Fc1ccc(N(Cc2ccco2)C(=S)Nc2ccccc2)cc1Cl. The first-order valence-corrected chi connectivity index (χ1v) is 8.03. The molecule has 0 aliphatic rings. The second-order valence-electron chi connectivity index (χ2n) is 5.06. The van der Waals surface area contributed by atoms with Gasteiger partial charge in [-0.3, -0.25) is 0 Å². The van der Waals surface area contributed by atoms with Crippen molar-refractivity contribution in [3.63, 3.8) is 0 Å². The molecule has 122 valence electrons. The second kappa shape index (κ2) is 7.47. The zero-order valence-corrected chi connectivity index (χ0v) is 14.2. The van der Waals surface area contributed by atoms with E-state index in [9.17, 15) is 4.39 Å². The molecule has 0 aliphatic carbocycles. The molecule has 0 radical (unpaired) electrons. The van der Waals surface area contributed by atoms with Gasteiger partial charge in [0, 0.05) is 11.4 Å². The Labute approximate surface area is 149 Å². The lowest BCUT2D eigenvalue weighted by atomic mass is 10.2. The van der Waals surface area contributed by atoms with Crippen LogP contribution in [0.5, 0.6) is 0 Å². The molecule has 3 rings (SSSR count). The normalized spacial score (nSPS) is 10.4. The fourth-order valence-corrected chi connectivity index (χ4v) is 2.67. The minimum atomic E-state index is -0.472. The zero-order chi connectivity index (χ0) is 16.9. The molecule has 0 spiro atoms. The molecule has 0 unspecified atom stereocenters. The summed E-state index contributed by atoms with van der Waals surface area (Å²) in [5, 5.41) is 3.67. The monoisotopic (exact) mass is 360 g/mol. The number of thiocarbonyl (C=S) groups is 1. The van der Waals surface area contributed by atoms with Crippen LogP contribution in [0.3, 0.4) is 0 Å². The van der Waals surface area contributed by atoms with Crippen LogP contribution >= 0.6 is 23.8 Å². The Kier molecular flexibility index (Phi) is 5.13. The van der Waals surface area contributed by atoms with Gasteiger partial charge in [-0.05, 0) is 54.7 Å². The van der Waals surface area contributed by atoms with Crippen molar-refractivity contribution in [3.8, 4) is 0 Å². The molecule has 0 aliphatic heterocycles. The van der Waals surface area contributed by atoms with Crippen LogP contribution in [-0.2, 0) is 6.54 Å². The molecule has 1 aromatic heterocycles. The van der Waals surface area contributed by atoms with Gasteiger partial charge in [-0.1, -0.05) is 29.8 Å². The zero-order valence-electron chi connectivity index (χ0n) is 12.6. The Hall–Kier alpha value is -2.37. The number of halogens is 2. The maximum absolute atomic E-state index is 13.5. The van der Waals surface area contributed by atoms with E-state index in [1.165, 1.54) is 6.07 Å². The lowest BCUT2D eigenvalue weighted by Crippen LogP contribution is -2.34. The molecule has 0 fully saturated rings. The predicted molar refractivity (Wildman–Crippen MR) is 99.0 cm³/mol. The van der Waals surface area contributed by atoms with Gasteiger partial charge in [0.2, 0.25) is 0 Å². The summed E-state index contributed by atoms with van der Waals surface area (Å²) in [6.07, 6.45) is 1.60. The molecule has 1 N–H and O–H groups in total. The highest BCUT2D eigenvalue weighted by Gasteiger charge is 2.16. The number of hydrogen-bond acceptors (Lipinski definition) is 2. The molecule has 1 heterocycles. The van der Waals surface area contributed by atoms with Gasteiger partial charge in [0.1, 0.15) is 11.6 Å². The van der Waals surface area contributed by atoms with Crippen molar-refractivity contribution < 1.29 is 8.81 Å². The molecule has 2 aromatic carbocycles. The highest BCUT2D eigenvalue weighted by atomic mass is 35.5. The first-order valence-electron chi connectivity index (χ1n) is 7.24. The molecule has 24 heavy (non-hydrogen) atoms. The van der Waals surface area contributed by atoms with E-state index in [4.69, 9.17) is 28.2 Å². The van der Waals surface area contributed by atoms with E-state index < -0.39 is 5.82 Å². The Bertz CT molecular complexity index is 824. The molecule has 3 aromatic rings. The van der Waals surface area contributed by atoms with Crippen molar-refractivity contribution in [3.05, 3.63) is 83.5 Å². The van der Waals surface area contributed by atoms with Gasteiger partial charge in [0.15, 0.2) is 5.11 Å². The van der Waals surface area contributed by atoms with Gasteiger partial charge < -0.3 is 14.6 Å². The third-order valence-electron chi connectivity index (χ3n) is 3.38. The van der Waals surface area contributed by atoms with Crippen molar-refractivity contribution in [1.29, 1.82) is 0 Å². The summed E-state index contributed by atoms with van der Waals surface area (Å²) in [4.78, 5) is 1.80. The molecule has 0 saturated carbocycles. The number of nitrogens with one attached hydrogen (secondary N) is 1. The molecule has 3 nitrogen and oxygen atoms in total. The fraction of sp³-hybridized carbons (Fsp3) is 0.0556. The van der Waals surface area contributed by atoms with Gasteiger partial charge >= 0.3 is 0 Å². The standard InChI is InChI=1S/C18H14ClFN2OS/c19-16-11-14(8-9-17(16)20)22(12-15-7-4-10-23-15)18(24)21-13-5-2-1-3-6-13/h1-11H,12H2,(H,21,24). The van der Waals surface area contributed by atoms with Crippen LogP contribution in [0.25, 0.3) is 0 Å². The van der Waals surface area contributed by atoms with Crippen LogP contribution in [0.4, 0.5) is 15.8 Å². The summed E-state index contributed by atoms with van der Waals surface area (Å²) in [7, 11) is 0. The van der Waals surface area contributed by atoms with Crippen LogP contribution in [0.15, 0.2) is 71.3 Å². The van der Waals surface area contributed by atoms with Gasteiger partial charge in [-0.25, -0.2) is 4.39 Å². The van der Waals surface area contributed by atoms with Crippen LogP contribution in [0, 0.1) is 5.82 Å². The third kappa shape index (κ3) is 3.93. The lowest BCUT2D eigenvalue weighted by Gasteiger charge is -2.25. The van der Waals surface area contributed by atoms with Crippen LogP contribution < -0.4 is 10.2 Å². The summed E-state index contributed by atoms with van der Waals surface area (Å²) >= 11 is 11.4. The van der Waals surface area contributed by atoms with Crippen molar-refractivity contribution in [2.75, 3.05) is 10.2 Å². The van der Waals surface area contributed by atoms with E-state index in [0.717, 1.165) is 11.4 Å². The largest absolute Gasteiger partial charge is 0.467 e. The van der Waals surface area contributed by atoms with Crippen molar-refractivity contribution in [1.82, 2.24) is 0 Å². The summed E-state index contributed by atoms with van der Waals surface area (Å²) in [6, 6.07) is 17.7. The van der Waals surface area contributed by atoms with Crippen molar-refractivity contribution in [2.45, 2.75) is 6.54 Å². The summed E-state index contributed by atoms with van der Waals surface area (Å²) in [5.41, 5.74) is 1.53. The first-order chi connectivity index (χ1) is 11.6. The Morgan fingerprint density at radius 1 is 1.12 bits per heavy atom. The van der Waals surface area contributed by atoms with E-state index >= 15 is 0 Å². The lowest BCUT2D eigenvalue weighted by molar-refractivity contribution is 0.512. The van der Waals surface area contributed by atoms with E-state index in [0.29, 0.717) is 17.3 Å². The maximum atomic E-state index is 13.5. The molecule has 6 heteroatoms. The molecule has 0 amide bonds. The summed E-state index contributed by atoms with van der Waals surface area (Å²) in [5.74, 6) is 0.257. The smallest absolute Gasteiger partial charge is 0.178 e. The Morgan fingerprint density at radius 2 is 1.92 bits per heavy atom. The Balaban J connectivity index is 1.88. The average Bonchev–Trinajstić information content (AvgIpc) is 3.09. The number of furan rings is 1. The summed E-state index contributed by atoms with van der Waals surface area (Å²) in [6.45, 7) is 0.396. The van der Waals surface area contributed by atoms with Crippen LogP contribution in [-0.4, -0.2) is 5.11 Å². The molecule has 0 saturated heterocycles. The number of nitrogens with zero attached hydrogens (tertiary/aromatic N) is 1. The molecule has 0 bridgehead atoms. The number of rotatable bonds is 4. The van der Waals surface area contributed by atoms with Crippen LogP contribution in [0.1, 0.15) is 5.76 Å². The highest BCUT2D eigenvalue weighted by molar-refractivity contribution is 7.80. The van der Waals surface area contributed by atoms with Gasteiger partial charge in [-0.2, -0.15) is 0 Å². The third-order valence-corrected chi connectivity index (χ3v) is 3.99. The highest BCUT2D eigenvalue weighted by Crippen LogP contribution is 2.25. The average molecular weight is 361 g/mol. The van der Waals surface area contributed by atoms with E-state index in [-0.39, 0.29) is 5.02 Å².